The highest BCUT2D eigenvalue weighted by Crippen LogP contribution is 2.18. The zero-order chi connectivity index (χ0) is 17.6. The van der Waals surface area contributed by atoms with Gasteiger partial charge in [-0.05, 0) is 36.4 Å². The molecule has 3 heterocycles. The van der Waals surface area contributed by atoms with Crippen LogP contribution in [0, 0.1) is 11.3 Å². The van der Waals surface area contributed by atoms with Gasteiger partial charge in [0.2, 0.25) is 0 Å². The lowest BCUT2D eigenvalue weighted by atomic mass is 10.2. The lowest BCUT2D eigenvalue weighted by Gasteiger charge is -2.11. The Kier molecular flexibility index (Phi) is 3.48. The van der Waals surface area contributed by atoms with Crippen LogP contribution in [0.4, 0.5) is 0 Å². The molecular weight excluding hydrogens is 384 g/mol. The van der Waals surface area contributed by atoms with Crippen molar-refractivity contribution >= 4 is 32.6 Å². The van der Waals surface area contributed by atoms with Gasteiger partial charge in [0.05, 0.1) is 11.1 Å². The van der Waals surface area contributed by atoms with Crippen LogP contribution >= 0.6 is 15.9 Å². The van der Waals surface area contributed by atoms with Crippen molar-refractivity contribution in [3.05, 3.63) is 85.5 Å². The molecule has 0 radical (unpaired) electrons. The van der Waals surface area contributed by atoms with Crippen molar-refractivity contribution in [2.45, 2.75) is 0 Å². The summed E-state index contributed by atoms with van der Waals surface area (Å²) in [6.45, 7) is 0. The van der Waals surface area contributed by atoms with Crippen molar-refractivity contribution in [1.82, 2.24) is 14.0 Å². The van der Waals surface area contributed by atoms with E-state index in [1.54, 1.807) is 42.6 Å². The summed E-state index contributed by atoms with van der Waals surface area (Å²) in [4.78, 5) is 30.0. The first-order valence-corrected chi connectivity index (χ1v) is 8.12. The summed E-state index contributed by atoms with van der Waals surface area (Å²) in [6.07, 6.45) is 1.60. The SMILES string of the molecule is N#Cc1cc2c(=O)n3ccccc3nc2n(-c2cccc(Br)c2)c1=O. The molecule has 6 nitrogen and oxygen atoms in total. The number of aromatic nitrogens is 3. The molecule has 0 atom stereocenters. The Morgan fingerprint density at radius 2 is 1.88 bits per heavy atom. The van der Waals surface area contributed by atoms with Crippen molar-refractivity contribution in [3.8, 4) is 11.8 Å². The Morgan fingerprint density at radius 3 is 2.64 bits per heavy atom. The second kappa shape index (κ2) is 5.69. The van der Waals surface area contributed by atoms with Gasteiger partial charge in [-0.1, -0.05) is 28.1 Å². The van der Waals surface area contributed by atoms with Gasteiger partial charge in [0.15, 0.2) is 5.65 Å². The molecular formula is C18H9BrN4O2. The number of nitriles is 1. The van der Waals surface area contributed by atoms with Crippen molar-refractivity contribution in [1.29, 1.82) is 5.26 Å². The average molecular weight is 393 g/mol. The van der Waals surface area contributed by atoms with E-state index in [4.69, 9.17) is 0 Å². The van der Waals surface area contributed by atoms with E-state index in [1.807, 2.05) is 12.1 Å². The van der Waals surface area contributed by atoms with Crippen LogP contribution in [0.2, 0.25) is 0 Å². The third-order valence-electron chi connectivity index (χ3n) is 3.87. The van der Waals surface area contributed by atoms with Crippen LogP contribution in [-0.4, -0.2) is 14.0 Å². The first-order valence-electron chi connectivity index (χ1n) is 7.33. The minimum absolute atomic E-state index is 0.109. The Labute approximate surface area is 149 Å². The number of halogens is 1. The van der Waals surface area contributed by atoms with Gasteiger partial charge in [0, 0.05) is 10.7 Å². The number of hydrogen-bond donors (Lipinski definition) is 0. The number of fused-ring (bicyclic) bond motifs is 2. The smallest absolute Gasteiger partial charge is 0.268 e. The summed E-state index contributed by atoms with van der Waals surface area (Å²) in [7, 11) is 0. The van der Waals surface area contributed by atoms with Gasteiger partial charge >= 0.3 is 0 Å². The van der Waals surface area contributed by atoms with Crippen molar-refractivity contribution in [3.63, 3.8) is 0 Å². The molecule has 25 heavy (non-hydrogen) atoms. The topological polar surface area (TPSA) is 80.2 Å². The molecule has 0 amide bonds. The first-order chi connectivity index (χ1) is 12.1. The average Bonchev–Trinajstić information content (AvgIpc) is 2.62. The van der Waals surface area contributed by atoms with Gasteiger partial charge in [-0.25, -0.2) is 4.98 Å². The van der Waals surface area contributed by atoms with Crippen molar-refractivity contribution in [2.75, 3.05) is 0 Å². The van der Waals surface area contributed by atoms with Crippen LogP contribution in [0.5, 0.6) is 0 Å². The molecule has 1 aromatic carbocycles. The number of pyridine rings is 2. The molecule has 4 aromatic rings. The van der Waals surface area contributed by atoms with E-state index >= 15 is 0 Å². The zero-order valence-corrected chi connectivity index (χ0v) is 14.3. The van der Waals surface area contributed by atoms with E-state index in [9.17, 15) is 14.9 Å². The number of hydrogen-bond acceptors (Lipinski definition) is 4. The molecule has 0 N–H and O–H groups in total. The predicted octanol–water partition coefficient (Wildman–Crippen LogP) is 2.63. The molecule has 0 aliphatic carbocycles. The van der Waals surface area contributed by atoms with Gasteiger partial charge in [0.1, 0.15) is 17.3 Å². The first kappa shape index (κ1) is 15.3. The molecule has 0 saturated carbocycles. The second-order valence-corrected chi connectivity index (χ2v) is 6.29. The maximum absolute atomic E-state index is 12.8. The Hall–Kier alpha value is -3.24. The van der Waals surface area contributed by atoms with E-state index in [2.05, 4.69) is 20.9 Å². The van der Waals surface area contributed by atoms with E-state index in [1.165, 1.54) is 15.0 Å². The fourth-order valence-corrected chi connectivity index (χ4v) is 3.13. The molecule has 0 saturated heterocycles. The quantitative estimate of drug-likeness (QED) is 0.466. The fraction of sp³-hybridized carbons (Fsp3) is 0. The van der Waals surface area contributed by atoms with Gasteiger partial charge < -0.3 is 0 Å². The van der Waals surface area contributed by atoms with Crippen molar-refractivity contribution < 1.29 is 0 Å². The third kappa shape index (κ3) is 2.35. The van der Waals surface area contributed by atoms with E-state index in [0.29, 0.717) is 11.3 Å². The molecule has 4 rings (SSSR count). The summed E-state index contributed by atoms with van der Waals surface area (Å²) < 4.78 is 3.46. The lowest BCUT2D eigenvalue weighted by Crippen LogP contribution is -2.26. The molecule has 0 aliphatic rings. The molecule has 0 unspecified atom stereocenters. The summed E-state index contributed by atoms with van der Waals surface area (Å²) in [6, 6.07) is 15.4. The minimum Gasteiger partial charge on any atom is -0.268 e. The van der Waals surface area contributed by atoms with Gasteiger partial charge in [0.25, 0.3) is 11.1 Å². The van der Waals surface area contributed by atoms with Crippen LogP contribution in [0.15, 0.2) is 68.8 Å². The standard InChI is InChI=1S/C18H9BrN4O2/c19-12-4-3-5-13(9-12)23-16-14(8-11(10-20)17(23)24)18(25)22-7-2-1-6-15(22)21-16/h1-9H. The minimum atomic E-state index is -0.514. The maximum Gasteiger partial charge on any atom is 0.274 e. The highest BCUT2D eigenvalue weighted by molar-refractivity contribution is 9.10. The summed E-state index contributed by atoms with van der Waals surface area (Å²) >= 11 is 3.37. The van der Waals surface area contributed by atoms with Crippen LogP contribution in [-0.2, 0) is 0 Å². The van der Waals surface area contributed by atoms with E-state index in [0.717, 1.165) is 4.47 Å². The van der Waals surface area contributed by atoms with Crippen LogP contribution < -0.4 is 11.1 Å². The molecule has 0 fully saturated rings. The second-order valence-electron chi connectivity index (χ2n) is 5.37. The van der Waals surface area contributed by atoms with E-state index in [-0.39, 0.29) is 22.2 Å². The Balaban J connectivity index is 2.28. The summed E-state index contributed by atoms with van der Waals surface area (Å²) in [5.41, 5.74) is 0.211. The summed E-state index contributed by atoms with van der Waals surface area (Å²) in [5, 5.41) is 9.51. The summed E-state index contributed by atoms with van der Waals surface area (Å²) in [5.74, 6) is 0. The van der Waals surface area contributed by atoms with Crippen LogP contribution in [0.25, 0.3) is 22.4 Å². The van der Waals surface area contributed by atoms with Gasteiger partial charge in [-0.3, -0.25) is 18.6 Å². The van der Waals surface area contributed by atoms with Crippen LogP contribution in [0.3, 0.4) is 0 Å². The number of rotatable bonds is 1. The monoisotopic (exact) mass is 392 g/mol. The number of nitrogens with zero attached hydrogens (tertiary/aromatic N) is 4. The highest BCUT2D eigenvalue weighted by Gasteiger charge is 2.16. The molecule has 3 aromatic heterocycles. The molecule has 0 spiro atoms. The third-order valence-corrected chi connectivity index (χ3v) is 4.36. The molecule has 7 heteroatoms. The van der Waals surface area contributed by atoms with Crippen molar-refractivity contribution in [2.24, 2.45) is 0 Å². The fourth-order valence-electron chi connectivity index (χ4n) is 2.75. The van der Waals surface area contributed by atoms with E-state index < -0.39 is 5.56 Å². The Bertz CT molecular complexity index is 1310. The molecule has 0 aliphatic heterocycles. The molecule has 120 valence electrons. The molecule has 0 bridgehead atoms. The highest BCUT2D eigenvalue weighted by atomic mass is 79.9. The van der Waals surface area contributed by atoms with Gasteiger partial charge in [-0.2, -0.15) is 5.26 Å². The largest absolute Gasteiger partial charge is 0.274 e. The lowest BCUT2D eigenvalue weighted by molar-refractivity contribution is 0.983. The predicted molar refractivity (Wildman–Crippen MR) is 97.0 cm³/mol. The van der Waals surface area contributed by atoms with Crippen LogP contribution in [0.1, 0.15) is 5.56 Å². The zero-order valence-electron chi connectivity index (χ0n) is 12.7. The normalized spacial score (nSPS) is 10.9. The maximum atomic E-state index is 12.8. The Morgan fingerprint density at radius 1 is 1.04 bits per heavy atom. The number of benzene rings is 1. The van der Waals surface area contributed by atoms with Gasteiger partial charge in [-0.15, -0.1) is 0 Å².